The van der Waals surface area contributed by atoms with Crippen molar-refractivity contribution >= 4 is 5.78 Å². The summed E-state index contributed by atoms with van der Waals surface area (Å²) in [6.07, 6.45) is 2.37. The second-order valence-corrected chi connectivity index (χ2v) is 6.35. The lowest BCUT2D eigenvalue weighted by molar-refractivity contribution is 0.0948. The smallest absolute Gasteiger partial charge is 0.168 e. The molecular formula is C16H23NO2. The van der Waals surface area contributed by atoms with Crippen molar-refractivity contribution in [2.45, 2.75) is 46.1 Å². The maximum absolute atomic E-state index is 12.4. The molecule has 1 aromatic carbocycles. The van der Waals surface area contributed by atoms with Gasteiger partial charge in [0.25, 0.3) is 0 Å². The van der Waals surface area contributed by atoms with E-state index in [-0.39, 0.29) is 17.2 Å². The molecule has 1 aromatic rings. The predicted molar refractivity (Wildman–Crippen MR) is 76.6 cm³/mol. The van der Waals surface area contributed by atoms with Crippen molar-refractivity contribution in [1.82, 2.24) is 0 Å². The van der Waals surface area contributed by atoms with E-state index < -0.39 is 0 Å². The van der Waals surface area contributed by atoms with Gasteiger partial charge < -0.3 is 10.5 Å². The van der Waals surface area contributed by atoms with Gasteiger partial charge in [-0.1, -0.05) is 32.9 Å². The highest BCUT2D eigenvalue weighted by molar-refractivity contribution is 5.99. The Labute approximate surface area is 115 Å². The average Bonchev–Trinajstić information content (AvgIpc) is 2.36. The number of ether oxygens (including phenoxy) is 1. The Morgan fingerprint density at radius 3 is 2.84 bits per heavy atom. The van der Waals surface area contributed by atoms with Crippen LogP contribution in [0, 0.1) is 5.41 Å². The van der Waals surface area contributed by atoms with Crippen molar-refractivity contribution in [3.63, 3.8) is 0 Å². The van der Waals surface area contributed by atoms with Gasteiger partial charge in [-0.3, -0.25) is 4.79 Å². The van der Waals surface area contributed by atoms with E-state index in [1.807, 2.05) is 18.2 Å². The van der Waals surface area contributed by atoms with Gasteiger partial charge in [-0.2, -0.15) is 0 Å². The van der Waals surface area contributed by atoms with E-state index in [1.54, 1.807) is 0 Å². The summed E-state index contributed by atoms with van der Waals surface area (Å²) >= 11 is 0. The number of rotatable bonds is 3. The highest BCUT2D eigenvalue weighted by Gasteiger charge is 2.26. The third kappa shape index (κ3) is 3.16. The fourth-order valence-corrected chi connectivity index (χ4v) is 2.22. The molecule has 2 rings (SSSR count). The Hall–Kier alpha value is -1.35. The minimum atomic E-state index is -0.139. The molecule has 19 heavy (non-hydrogen) atoms. The molecule has 0 spiro atoms. The molecule has 1 aliphatic heterocycles. The maximum atomic E-state index is 12.4. The topological polar surface area (TPSA) is 52.3 Å². The first-order valence-electron chi connectivity index (χ1n) is 6.93. The molecule has 104 valence electrons. The Morgan fingerprint density at radius 1 is 1.42 bits per heavy atom. The van der Waals surface area contributed by atoms with Gasteiger partial charge in [0, 0.05) is 12.5 Å². The number of fused-ring (bicyclic) bond motifs is 1. The van der Waals surface area contributed by atoms with Crippen LogP contribution in [0.4, 0.5) is 0 Å². The Bertz CT molecular complexity index is 474. The summed E-state index contributed by atoms with van der Waals surface area (Å²) in [6.45, 7) is 6.87. The molecule has 2 N–H and O–H groups in total. The number of nitrogens with two attached hydrogens (primary N) is 1. The lowest BCUT2D eigenvalue weighted by Gasteiger charge is -2.27. The van der Waals surface area contributed by atoms with Crippen LogP contribution in [0.1, 0.15) is 49.5 Å². The van der Waals surface area contributed by atoms with Gasteiger partial charge in [-0.05, 0) is 29.9 Å². The largest absolute Gasteiger partial charge is 0.493 e. The molecule has 0 aliphatic carbocycles. The summed E-state index contributed by atoms with van der Waals surface area (Å²) in [7, 11) is 0. The van der Waals surface area contributed by atoms with Gasteiger partial charge in [-0.15, -0.1) is 0 Å². The zero-order chi connectivity index (χ0) is 14.0. The van der Waals surface area contributed by atoms with Crippen molar-refractivity contribution in [3.05, 3.63) is 29.3 Å². The number of benzene rings is 1. The summed E-state index contributed by atoms with van der Waals surface area (Å²) in [6, 6.07) is 5.68. The third-order valence-corrected chi connectivity index (χ3v) is 3.75. The van der Waals surface area contributed by atoms with Crippen LogP contribution in [-0.4, -0.2) is 18.4 Å². The fourth-order valence-electron chi connectivity index (χ4n) is 2.22. The van der Waals surface area contributed by atoms with Gasteiger partial charge in [0.05, 0.1) is 12.2 Å². The molecule has 1 unspecified atom stereocenters. The number of para-hydroxylation sites is 1. The molecule has 1 heterocycles. The molecule has 0 saturated carbocycles. The minimum absolute atomic E-state index is 0.0641. The lowest BCUT2D eigenvalue weighted by Crippen LogP contribution is -2.37. The van der Waals surface area contributed by atoms with Crippen molar-refractivity contribution < 1.29 is 9.53 Å². The number of ketones is 1. The molecule has 0 bridgehead atoms. The molecule has 0 aromatic heterocycles. The molecule has 0 fully saturated rings. The second kappa shape index (κ2) is 5.33. The van der Waals surface area contributed by atoms with E-state index >= 15 is 0 Å². The van der Waals surface area contributed by atoms with Crippen LogP contribution >= 0.6 is 0 Å². The average molecular weight is 261 g/mol. The third-order valence-electron chi connectivity index (χ3n) is 3.75. The SMILES string of the molecule is CC(C)(C)C(N)CC(=O)c1cccc2c1OCCC2. The molecule has 0 amide bonds. The molecule has 3 nitrogen and oxygen atoms in total. The van der Waals surface area contributed by atoms with Crippen molar-refractivity contribution in [2.24, 2.45) is 11.1 Å². The first-order valence-corrected chi connectivity index (χ1v) is 6.93. The van der Waals surface area contributed by atoms with Crippen LogP contribution in [0.25, 0.3) is 0 Å². The number of Topliss-reactive ketones (excluding diaryl/α,β-unsaturated/α-hetero) is 1. The lowest BCUT2D eigenvalue weighted by atomic mass is 9.83. The number of aryl methyl sites for hydroxylation is 1. The van der Waals surface area contributed by atoms with Gasteiger partial charge in [0.2, 0.25) is 0 Å². The minimum Gasteiger partial charge on any atom is -0.493 e. The van der Waals surface area contributed by atoms with Crippen LogP contribution < -0.4 is 10.5 Å². The van der Waals surface area contributed by atoms with E-state index in [4.69, 9.17) is 10.5 Å². The van der Waals surface area contributed by atoms with Crippen LogP contribution in [0.5, 0.6) is 5.75 Å². The highest BCUT2D eigenvalue weighted by atomic mass is 16.5. The molecule has 1 atom stereocenters. The van der Waals surface area contributed by atoms with Crippen LogP contribution in [0.15, 0.2) is 18.2 Å². The molecule has 3 heteroatoms. The zero-order valence-electron chi connectivity index (χ0n) is 12.0. The van der Waals surface area contributed by atoms with Gasteiger partial charge >= 0.3 is 0 Å². The van der Waals surface area contributed by atoms with E-state index in [0.29, 0.717) is 18.6 Å². The summed E-state index contributed by atoms with van der Waals surface area (Å²) < 4.78 is 5.68. The maximum Gasteiger partial charge on any atom is 0.168 e. The van der Waals surface area contributed by atoms with E-state index in [2.05, 4.69) is 20.8 Å². The number of hydrogen-bond acceptors (Lipinski definition) is 3. The van der Waals surface area contributed by atoms with Gasteiger partial charge in [0.1, 0.15) is 5.75 Å². The van der Waals surface area contributed by atoms with E-state index in [9.17, 15) is 4.79 Å². The Balaban J connectivity index is 2.20. The quantitative estimate of drug-likeness (QED) is 0.851. The number of hydrogen-bond donors (Lipinski definition) is 1. The summed E-state index contributed by atoms with van der Waals surface area (Å²) in [5, 5.41) is 0. The van der Waals surface area contributed by atoms with Crippen LogP contribution in [0.3, 0.4) is 0 Å². The van der Waals surface area contributed by atoms with Crippen molar-refractivity contribution in [2.75, 3.05) is 6.61 Å². The van der Waals surface area contributed by atoms with E-state index in [0.717, 1.165) is 24.2 Å². The van der Waals surface area contributed by atoms with Gasteiger partial charge in [-0.25, -0.2) is 0 Å². The Morgan fingerprint density at radius 2 is 2.16 bits per heavy atom. The summed E-state index contributed by atoms with van der Waals surface area (Å²) in [4.78, 5) is 12.4. The predicted octanol–water partition coefficient (Wildman–Crippen LogP) is 2.96. The number of carbonyl (C=O) groups excluding carboxylic acids is 1. The van der Waals surface area contributed by atoms with Crippen molar-refractivity contribution in [1.29, 1.82) is 0 Å². The monoisotopic (exact) mass is 261 g/mol. The zero-order valence-corrected chi connectivity index (χ0v) is 12.0. The highest BCUT2D eigenvalue weighted by Crippen LogP contribution is 2.31. The van der Waals surface area contributed by atoms with Crippen LogP contribution in [-0.2, 0) is 6.42 Å². The summed E-state index contributed by atoms with van der Waals surface area (Å²) in [5.74, 6) is 0.862. The first kappa shape index (κ1) is 14.1. The van der Waals surface area contributed by atoms with Crippen LogP contribution in [0.2, 0.25) is 0 Å². The molecular weight excluding hydrogens is 238 g/mol. The van der Waals surface area contributed by atoms with Gasteiger partial charge in [0.15, 0.2) is 5.78 Å². The molecule has 0 radical (unpaired) electrons. The summed E-state index contributed by atoms with van der Waals surface area (Å²) in [5.41, 5.74) is 7.87. The first-order chi connectivity index (χ1) is 8.89. The van der Waals surface area contributed by atoms with Crippen molar-refractivity contribution in [3.8, 4) is 5.75 Å². The fraction of sp³-hybridized carbons (Fsp3) is 0.562. The molecule has 1 aliphatic rings. The molecule has 0 saturated heterocycles. The number of carbonyl (C=O) groups is 1. The second-order valence-electron chi connectivity index (χ2n) is 6.35. The van der Waals surface area contributed by atoms with E-state index in [1.165, 1.54) is 0 Å². The normalized spacial score (nSPS) is 16.4. The standard InChI is InChI=1S/C16H23NO2/c1-16(2,3)14(17)10-13(18)12-8-4-6-11-7-5-9-19-15(11)12/h4,6,8,14H,5,7,9-10,17H2,1-3H3. The Kier molecular flexibility index (Phi) is 3.95.